The molecule has 8 heteroatoms. The zero-order chi connectivity index (χ0) is 21.2. The molecule has 3 aromatic rings. The molecular formula is C22H27N5O2S. The first-order chi connectivity index (χ1) is 14.6. The van der Waals surface area contributed by atoms with Gasteiger partial charge in [0.05, 0.1) is 6.10 Å². The van der Waals surface area contributed by atoms with E-state index in [2.05, 4.69) is 37.9 Å². The third-order valence-electron chi connectivity index (χ3n) is 3.84. The van der Waals surface area contributed by atoms with Gasteiger partial charge in [0, 0.05) is 22.9 Å². The molecule has 0 radical (unpaired) electrons. The Hall–Kier alpha value is -3.00. The van der Waals surface area contributed by atoms with Crippen LogP contribution in [0.2, 0.25) is 0 Å². The second-order valence-electron chi connectivity index (χ2n) is 6.80. The van der Waals surface area contributed by atoms with Gasteiger partial charge in [-0.3, -0.25) is 0 Å². The highest BCUT2D eigenvalue weighted by Crippen LogP contribution is 2.17. The molecule has 30 heavy (non-hydrogen) atoms. The Bertz CT molecular complexity index is 926. The van der Waals surface area contributed by atoms with E-state index in [-0.39, 0.29) is 6.10 Å². The van der Waals surface area contributed by atoms with Crippen LogP contribution in [0.3, 0.4) is 0 Å². The molecule has 2 aromatic carbocycles. The molecule has 0 amide bonds. The molecule has 0 unspecified atom stereocenters. The number of ether oxygens (including phenoxy) is 1. The van der Waals surface area contributed by atoms with E-state index in [1.54, 1.807) is 18.7 Å². The SMILES string of the molecule is Cc1noc(CN=C(NCCSc2ccccc2)Nc2ccc(OC(C)C)cc2)n1. The summed E-state index contributed by atoms with van der Waals surface area (Å²) in [6.45, 7) is 6.86. The molecule has 0 spiro atoms. The number of guanidine groups is 1. The molecule has 158 valence electrons. The van der Waals surface area contributed by atoms with Crippen LogP contribution in [0, 0.1) is 6.92 Å². The van der Waals surface area contributed by atoms with Gasteiger partial charge in [0.1, 0.15) is 12.3 Å². The molecule has 0 aliphatic rings. The second kappa shape index (κ2) is 11.3. The number of rotatable bonds is 9. The first kappa shape index (κ1) is 21.7. The van der Waals surface area contributed by atoms with Gasteiger partial charge in [0.25, 0.3) is 0 Å². The molecule has 7 nitrogen and oxygen atoms in total. The van der Waals surface area contributed by atoms with Gasteiger partial charge < -0.3 is 19.9 Å². The lowest BCUT2D eigenvalue weighted by Crippen LogP contribution is -2.32. The van der Waals surface area contributed by atoms with E-state index >= 15 is 0 Å². The summed E-state index contributed by atoms with van der Waals surface area (Å²) >= 11 is 1.79. The maximum absolute atomic E-state index is 5.70. The topological polar surface area (TPSA) is 84.6 Å². The predicted molar refractivity (Wildman–Crippen MR) is 121 cm³/mol. The van der Waals surface area contributed by atoms with Crippen molar-refractivity contribution >= 4 is 23.4 Å². The molecule has 0 bridgehead atoms. The van der Waals surface area contributed by atoms with Gasteiger partial charge in [0.15, 0.2) is 11.8 Å². The number of aryl methyl sites for hydroxylation is 1. The molecule has 3 rings (SSSR count). The van der Waals surface area contributed by atoms with Crippen LogP contribution in [0.1, 0.15) is 25.6 Å². The fourth-order valence-electron chi connectivity index (χ4n) is 2.57. The van der Waals surface area contributed by atoms with Crippen molar-refractivity contribution in [1.82, 2.24) is 15.5 Å². The van der Waals surface area contributed by atoms with E-state index in [4.69, 9.17) is 9.26 Å². The van der Waals surface area contributed by atoms with Crippen LogP contribution >= 0.6 is 11.8 Å². The van der Waals surface area contributed by atoms with E-state index in [9.17, 15) is 0 Å². The van der Waals surface area contributed by atoms with Crippen molar-refractivity contribution < 1.29 is 9.26 Å². The second-order valence-corrected chi connectivity index (χ2v) is 7.97. The van der Waals surface area contributed by atoms with Crippen molar-refractivity contribution in [2.75, 3.05) is 17.6 Å². The van der Waals surface area contributed by atoms with Gasteiger partial charge in [-0.05, 0) is 57.2 Å². The Morgan fingerprint density at radius 2 is 1.90 bits per heavy atom. The van der Waals surface area contributed by atoms with Gasteiger partial charge in [-0.2, -0.15) is 4.98 Å². The number of benzene rings is 2. The predicted octanol–water partition coefficient (Wildman–Crippen LogP) is 4.52. The lowest BCUT2D eigenvalue weighted by Gasteiger charge is -2.14. The highest BCUT2D eigenvalue weighted by Gasteiger charge is 2.05. The largest absolute Gasteiger partial charge is 0.491 e. The average Bonchev–Trinajstić information content (AvgIpc) is 3.16. The molecule has 0 aliphatic carbocycles. The summed E-state index contributed by atoms with van der Waals surface area (Å²) in [4.78, 5) is 10.0. The van der Waals surface area contributed by atoms with Gasteiger partial charge in [0.2, 0.25) is 5.89 Å². The highest BCUT2D eigenvalue weighted by molar-refractivity contribution is 7.99. The summed E-state index contributed by atoms with van der Waals surface area (Å²) in [6.07, 6.45) is 0.141. The highest BCUT2D eigenvalue weighted by atomic mass is 32.2. The summed E-state index contributed by atoms with van der Waals surface area (Å²) < 4.78 is 10.9. The standard InChI is InChI=1S/C22H27N5O2S/c1-16(2)28-19-11-9-18(10-12-19)26-22(24-15-21-25-17(3)27-29-21)23-13-14-30-20-7-5-4-6-8-20/h4-12,16H,13-15H2,1-3H3,(H2,23,24,26). The van der Waals surface area contributed by atoms with E-state index in [0.29, 0.717) is 24.2 Å². The maximum atomic E-state index is 5.70. The lowest BCUT2D eigenvalue weighted by molar-refractivity contribution is 0.242. The smallest absolute Gasteiger partial charge is 0.248 e. The summed E-state index contributed by atoms with van der Waals surface area (Å²) in [6, 6.07) is 18.1. The molecule has 1 heterocycles. The Morgan fingerprint density at radius 1 is 1.13 bits per heavy atom. The minimum absolute atomic E-state index is 0.141. The van der Waals surface area contributed by atoms with Crippen LogP contribution in [-0.2, 0) is 6.54 Å². The van der Waals surface area contributed by atoms with Gasteiger partial charge in [-0.25, -0.2) is 4.99 Å². The van der Waals surface area contributed by atoms with Crippen molar-refractivity contribution in [3.63, 3.8) is 0 Å². The van der Waals surface area contributed by atoms with Crippen molar-refractivity contribution in [2.45, 2.75) is 38.3 Å². The van der Waals surface area contributed by atoms with Crippen molar-refractivity contribution in [3.05, 3.63) is 66.3 Å². The zero-order valence-corrected chi connectivity index (χ0v) is 18.3. The average molecular weight is 426 g/mol. The molecule has 0 fully saturated rings. The minimum Gasteiger partial charge on any atom is -0.491 e. The Labute approximate surface area is 181 Å². The Kier molecular flexibility index (Phi) is 8.14. The zero-order valence-electron chi connectivity index (χ0n) is 17.5. The first-order valence-corrected chi connectivity index (χ1v) is 10.9. The number of aliphatic imine (C=N–C) groups is 1. The van der Waals surface area contributed by atoms with Gasteiger partial charge in [-0.1, -0.05) is 23.4 Å². The summed E-state index contributed by atoms with van der Waals surface area (Å²) in [5.74, 6) is 3.47. The van der Waals surface area contributed by atoms with E-state index in [0.717, 1.165) is 23.7 Å². The van der Waals surface area contributed by atoms with E-state index < -0.39 is 0 Å². The molecule has 0 atom stereocenters. The normalized spacial score (nSPS) is 11.5. The number of hydrogen-bond donors (Lipinski definition) is 2. The number of nitrogens with zero attached hydrogens (tertiary/aromatic N) is 3. The molecule has 1 aromatic heterocycles. The van der Waals surface area contributed by atoms with Crippen LogP contribution in [0.25, 0.3) is 0 Å². The number of thioether (sulfide) groups is 1. The minimum atomic E-state index is 0.141. The quantitative estimate of drug-likeness (QED) is 0.226. The number of aromatic nitrogens is 2. The van der Waals surface area contributed by atoms with E-state index in [1.807, 2.05) is 56.3 Å². The van der Waals surface area contributed by atoms with Crippen LogP contribution in [0.4, 0.5) is 5.69 Å². The van der Waals surface area contributed by atoms with E-state index in [1.165, 1.54) is 4.90 Å². The number of nitrogens with one attached hydrogen (secondary N) is 2. The summed E-state index contributed by atoms with van der Waals surface area (Å²) in [7, 11) is 0. The van der Waals surface area contributed by atoms with Crippen LogP contribution in [0.15, 0.2) is 69.0 Å². The van der Waals surface area contributed by atoms with Crippen LogP contribution < -0.4 is 15.4 Å². The van der Waals surface area contributed by atoms with Crippen molar-refractivity contribution in [1.29, 1.82) is 0 Å². The third kappa shape index (κ3) is 7.44. The molecular weight excluding hydrogens is 398 g/mol. The molecule has 0 aliphatic heterocycles. The maximum Gasteiger partial charge on any atom is 0.248 e. The fraction of sp³-hybridized carbons (Fsp3) is 0.318. The number of anilines is 1. The van der Waals surface area contributed by atoms with Crippen LogP contribution in [0.5, 0.6) is 5.75 Å². The molecule has 0 saturated carbocycles. The number of hydrogen-bond acceptors (Lipinski definition) is 6. The van der Waals surface area contributed by atoms with Gasteiger partial charge in [-0.15, -0.1) is 11.8 Å². The van der Waals surface area contributed by atoms with Crippen molar-refractivity contribution in [2.24, 2.45) is 4.99 Å². The summed E-state index contributed by atoms with van der Waals surface area (Å²) in [5, 5.41) is 10.5. The third-order valence-corrected chi connectivity index (χ3v) is 4.85. The monoisotopic (exact) mass is 425 g/mol. The molecule has 0 saturated heterocycles. The Morgan fingerprint density at radius 3 is 2.57 bits per heavy atom. The lowest BCUT2D eigenvalue weighted by atomic mass is 10.3. The fourth-order valence-corrected chi connectivity index (χ4v) is 3.36. The molecule has 2 N–H and O–H groups in total. The van der Waals surface area contributed by atoms with Crippen LogP contribution in [-0.4, -0.2) is 34.5 Å². The van der Waals surface area contributed by atoms with Gasteiger partial charge >= 0.3 is 0 Å². The Balaban J connectivity index is 1.59. The van der Waals surface area contributed by atoms with Crippen molar-refractivity contribution in [3.8, 4) is 5.75 Å². The summed E-state index contributed by atoms with van der Waals surface area (Å²) in [5.41, 5.74) is 0.912. The first-order valence-electron chi connectivity index (χ1n) is 9.87.